The Morgan fingerprint density at radius 3 is 2.48 bits per heavy atom. The van der Waals surface area contributed by atoms with Gasteiger partial charge in [0.05, 0.1) is 5.60 Å². The molecule has 3 fully saturated rings. The zero-order valence-electron chi connectivity index (χ0n) is 20.9. The van der Waals surface area contributed by atoms with E-state index in [1.54, 1.807) is 5.57 Å². The van der Waals surface area contributed by atoms with Crippen molar-refractivity contribution in [3.05, 3.63) is 11.6 Å². The summed E-state index contributed by atoms with van der Waals surface area (Å²) < 4.78 is -0.524. The maximum atomic E-state index is 10.8. The third-order valence-electron chi connectivity index (χ3n) is 11.2. The maximum Gasteiger partial charge on any atom is 0.119 e. The smallest absolute Gasteiger partial charge is 0.119 e. The molecule has 0 saturated heterocycles. The van der Waals surface area contributed by atoms with Gasteiger partial charge in [-0.3, -0.25) is 0 Å². The number of halogens is 1. The molecule has 2 N–H and O–H groups in total. The fraction of sp³-hybridized carbons (Fsp3) is 0.929. The van der Waals surface area contributed by atoms with Gasteiger partial charge in [0.2, 0.25) is 0 Å². The van der Waals surface area contributed by atoms with Crippen LogP contribution in [0.2, 0.25) is 0 Å². The first-order valence-corrected chi connectivity index (χ1v) is 14.2. The quantitative estimate of drug-likeness (QED) is 0.214. The van der Waals surface area contributed by atoms with Crippen LogP contribution in [0.4, 0.5) is 0 Å². The zero-order valence-corrected chi connectivity index (χ0v) is 23.0. The van der Waals surface area contributed by atoms with Crippen LogP contribution in [0.15, 0.2) is 11.6 Å². The minimum Gasteiger partial charge on any atom is -0.390 e. The highest BCUT2D eigenvalue weighted by Gasteiger charge is 2.59. The molecule has 0 amide bonds. The van der Waals surface area contributed by atoms with E-state index in [1.807, 2.05) is 6.92 Å². The van der Waals surface area contributed by atoms with Gasteiger partial charge < -0.3 is 10.2 Å². The van der Waals surface area contributed by atoms with E-state index in [2.05, 4.69) is 63.3 Å². The summed E-state index contributed by atoms with van der Waals surface area (Å²) in [6.07, 6.45) is 14.4. The molecule has 0 radical (unpaired) electrons. The van der Waals surface area contributed by atoms with Crippen molar-refractivity contribution < 1.29 is 10.2 Å². The fourth-order valence-electron chi connectivity index (χ4n) is 8.59. The van der Waals surface area contributed by atoms with Crippen LogP contribution in [0.5, 0.6) is 0 Å². The van der Waals surface area contributed by atoms with Crippen LogP contribution in [-0.4, -0.2) is 19.4 Å². The summed E-state index contributed by atoms with van der Waals surface area (Å²) in [5.41, 5.74) is 1.83. The summed E-state index contributed by atoms with van der Waals surface area (Å²) in [4.78, 5) is 0. The molecule has 0 spiro atoms. The summed E-state index contributed by atoms with van der Waals surface area (Å²) in [6.45, 7) is 14.0. The second-order valence-electron chi connectivity index (χ2n) is 13.1. The molecule has 4 aliphatic rings. The predicted molar refractivity (Wildman–Crippen MR) is 138 cm³/mol. The zero-order chi connectivity index (χ0) is 22.8. The lowest BCUT2D eigenvalue weighted by atomic mass is 9.47. The minimum atomic E-state index is -0.536. The Kier molecular flexibility index (Phi) is 6.53. The topological polar surface area (TPSA) is 40.5 Å². The molecule has 0 aromatic heterocycles. The van der Waals surface area contributed by atoms with Gasteiger partial charge in [-0.2, -0.15) is 0 Å². The first-order chi connectivity index (χ1) is 14.3. The second kappa shape index (κ2) is 8.26. The average molecular weight is 543 g/mol. The molecule has 0 bridgehead atoms. The average Bonchev–Trinajstić information content (AvgIpc) is 3.04. The lowest BCUT2D eigenvalue weighted by Crippen LogP contribution is -2.51. The van der Waals surface area contributed by atoms with Crippen molar-refractivity contribution in [1.82, 2.24) is 0 Å². The summed E-state index contributed by atoms with van der Waals surface area (Å²) in [5, 5.41) is 21.5. The van der Waals surface area contributed by atoms with Crippen molar-refractivity contribution in [3.8, 4) is 0 Å². The lowest BCUT2D eigenvalue weighted by molar-refractivity contribution is -0.0612. The number of allylic oxidation sites excluding steroid dienone is 1. The number of alkyl halides is 1. The number of aliphatic hydroxyl groups is 2. The Bertz CT molecular complexity index is 710. The van der Waals surface area contributed by atoms with E-state index in [4.69, 9.17) is 0 Å². The SMILES string of the molecule is CC(C)[C@@](C)(O)CC[C@@H](C)[C@H]1CC[C@H]2[C@@H]3CC=C4C[C@](O)(I)CC[C@]4(C)[C@H]3CC[C@]12C. The third kappa shape index (κ3) is 4.20. The van der Waals surface area contributed by atoms with E-state index in [-0.39, 0.29) is 0 Å². The van der Waals surface area contributed by atoms with E-state index in [0.29, 0.717) is 22.7 Å². The molecule has 0 aliphatic heterocycles. The van der Waals surface area contributed by atoms with E-state index >= 15 is 0 Å². The van der Waals surface area contributed by atoms with Crippen LogP contribution in [-0.2, 0) is 0 Å². The van der Waals surface area contributed by atoms with Gasteiger partial charge in [0.1, 0.15) is 3.61 Å². The Hall–Kier alpha value is 0.390. The molecule has 4 aliphatic carbocycles. The largest absolute Gasteiger partial charge is 0.390 e. The fourth-order valence-corrected chi connectivity index (χ4v) is 9.27. The number of hydrogen-bond donors (Lipinski definition) is 2. The minimum absolute atomic E-state index is 0.321. The molecule has 3 heteroatoms. The van der Waals surface area contributed by atoms with Crippen LogP contribution in [0, 0.1) is 46.3 Å². The van der Waals surface area contributed by atoms with Gasteiger partial charge in [-0.05, 0) is 134 Å². The van der Waals surface area contributed by atoms with Crippen molar-refractivity contribution in [3.63, 3.8) is 0 Å². The molecule has 31 heavy (non-hydrogen) atoms. The number of fused-ring (bicyclic) bond motifs is 5. The van der Waals surface area contributed by atoms with Gasteiger partial charge in [-0.15, -0.1) is 0 Å². The third-order valence-corrected chi connectivity index (χ3v) is 12.1. The van der Waals surface area contributed by atoms with Gasteiger partial charge in [0.25, 0.3) is 0 Å². The van der Waals surface area contributed by atoms with Gasteiger partial charge >= 0.3 is 0 Å². The van der Waals surface area contributed by atoms with Crippen molar-refractivity contribution in [2.75, 3.05) is 0 Å². The molecule has 0 unspecified atom stereocenters. The molecule has 9 atom stereocenters. The predicted octanol–water partition coefficient (Wildman–Crippen LogP) is 7.51. The van der Waals surface area contributed by atoms with Gasteiger partial charge in [0.15, 0.2) is 0 Å². The van der Waals surface area contributed by atoms with Crippen LogP contribution in [0.25, 0.3) is 0 Å². The number of rotatable bonds is 5. The van der Waals surface area contributed by atoms with E-state index in [1.165, 1.54) is 32.1 Å². The summed E-state index contributed by atoms with van der Waals surface area (Å²) in [6, 6.07) is 0. The lowest BCUT2D eigenvalue weighted by Gasteiger charge is -2.59. The van der Waals surface area contributed by atoms with Crippen LogP contribution in [0.3, 0.4) is 0 Å². The molecule has 0 aromatic carbocycles. The Balaban J connectivity index is 1.49. The first kappa shape index (κ1) is 24.5. The maximum absolute atomic E-state index is 10.8. The van der Waals surface area contributed by atoms with Gasteiger partial charge in [0, 0.05) is 6.42 Å². The molecule has 0 heterocycles. The van der Waals surface area contributed by atoms with E-state index in [9.17, 15) is 10.2 Å². The highest BCUT2D eigenvalue weighted by Crippen LogP contribution is 2.68. The van der Waals surface area contributed by atoms with Crippen molar-refractivity contribution in [2.24, 2.45) is 46.3 Å². The standard InChI is InChI=1S/C28H47IO2/c1-18(2)27(6,30)14-11-19(3)22-9-10-23-21-8-7-20-17-28(29,31)16-15-25(20,4)24(21)12-13-26(22,23)5/h7,18-19,21-24,30-31H,8-17H2,1-6H3/t19-,21+,22-,23+,24+,25+,26-,27+,28+/m1/s1. The van der Waals surface area contributed by atoms with E-state index < -0.39 is 9.21 Å². The van der Waals surface area contributed by atoms with Crippen molar-refractivity contribution in [2.45, 2.75) is 115 Å². The van der Waals surface area contributed by atoms with Crippen molar-refractivity contribution >= 4 is 22.6 Å². The highest BCUT2D eigenvalue weighted by molar-refractivity contribution is 14.1. The highest BCUT2D eigenvalue weighted by atomic mass is 127. The summed E-state index contributed by atoms with van der Waals surface area (Å²) >= 11 is 2.29. The molecule has 3 saturated carbocycles. The van der Waals surface area contributed by atoms with Gasteiger partial charge in [-0.25, -0.2) is 0 Å². The second-order valence-corrected chi connectivity index (χ2v) is 15.1. The van der Waals surface area contributed by atoms with Gasteiger partial charge in [-0.1, -0.05) is 46.3 Å². The normalized spacial score (nSPS) is 47.7. The molecular formula is C28H47IO2. The molecule has 2 nitrogen and oxygen atoms in total. The Morgan fingerprint density at radius 1 is 1.10 bits per heavy atom. The monoisotopic (exact) mass is 542 g/mol. The Labute approximate surface area is 205 Å². The molecule has 4 rings (SSSR count). The van der Waals surface area contributed by atoms with Crippen molar-refractivity contribution in [1.29, 1.82) is 0 Å². The van der Waals surface area contributed by atoms with E-state index in [0.717, 1.165) is 55.8 Å². The summed E-state index contributed by atoms with van der Waals surface area (Å²) in [7, 11) is 0. The van der Waals surface area contributed by atoms with Crippen LogP contribution < -0.4 is 0 Å². The number of hydrogen-bond acceptors (Lipinski definition) is 2. The Morgan fingerprint density at radius 2 is 1.81 bits per heavy atom. The summed E-state index contributed by atoms with van der Waals surface area (Å²) in [5.74, 6) is 4.34. The molecular weight excluding hydrogens is 495 g/mol. The van der Waals surface area contributed by atoms with Crippen LogP contribution in [0.1, 0.15) is 106 Å². The molecule has 0 aromatic rings. The molecule has 178 valence electrons. The van der Waals surface area contributed by atoms with Crippen LogP contribution >= 0.6 is 22.6 Å². The first-order valence-electron chi connectivity index (χ1n) is 13.1.